The second-order valence-electron chi connectivity index (χ2n) is 3.69. The number of ether oxygens (including phenoxy) is 1. The van der Waals surface area contributed by atoms with Gasteiger partial charge in [-0.2, -0.15) is 5.26 Å². The van der Waals surface area contributed by atoms with E-state index < -0.39 is 5.97 Å². The summed E-state index contributed by atoms with van der Waals surface area (Å²) < 4.78 is 4.80. The van der Waals surface area contributed by atoms with Crippen LogP contribution in [-0.4, -0.2) is 22.5 Å². The van der Waals surface area contributed by atoms with Gasteiger partial charge in [-0.25, -0.2) is 4.79 Å². The Balaban J connectivity index is 2.38. The number of carbonyl (C=O) groups is 1. The zero-order valence-corrected chi connectivity index (χ0v) is 10.3. The van der Waals surface area contributed by atoms with Crippen molar-refractivity contribution in [3.8, 4) is 6.07 Å². The van der Waals surface area contributed by atoms with E-state index in [2.05, 4.69) is 9.97 Å². The first kappa shape index (κ1) is 12.7. The molecule has 5 nitrogen and oxygen atoms in total. The van der Waals surface area contributed by atoms with Gasteiger partial charge in [0.1, 0.15) is 11.6 Å². The zero-order chi connectivity index (χ0) is 13.7. The molecular weight excluding hydrogens is 242 g/mol. The van der Waals surface area contributed by atoms with Gasteiger partial charge in [0.2, 0.25) is 0 Å². The van der Waals surface area contributed by atoms with Crippen molar-refractivity contribution in [2.75, 3.05) is 6.61 Å². The molecule has 0 saturated heterocycles. The highest BCUT2D eigenvalue weighted by atomic mass is 16.5. The van der Waals surface area contributed by atoms with Crippen LogP contribution < -0.4 is 0 Å². The minimum Gasteiger partial charge on any atom is -0.462 e. The fourth-order valence-corrected chi connectivity index (χ4v) is 1.58. The van der Waals surface area contributed by atoms with Crippen molar-refractivity contribution in [3.63, 3.8) is 0 Å². The van der Waals surface area contributed by atoms with E-state index in [9.17, 15) is 4.79 Å². The average molecular weight is 253 g/mol. The molecule has 19 heavy (non-hydrogen) atoms. The SMILES string of the molecule is CCOC(=O)C(C#N)=Cc1ccc2nccnc2c1. The first-order chi connectivity index (χ1) is 9.24. The molecule has 5 heteroatoms. The molecule has 2 aromatic rings. The van der Waals surface area contributed by atoms with Crippen molar-refractivity contribution >= 4 is 23.1 Å². The van der Waals surface area contributed by atoms with E-state index in [1.807, 2.05) is 6.07 Å². The van der Waals surface area contributed by atoms with Gasteiger partial charge in [-0.05, 0) is 30.7 Å². The van der Waals surface area contributed by atoms with Crippen LogP contribution >= 0.6 is 0 Å². The number of esters is 1. The standard InChI is InChI=1S/C14H11N3O2/c1-2-19-14(18)11(9-15)7-10-3-4-12-13(8-10)17-6-5-16-12/h3-8H,2H2,1H3. The predicted molar refractivity (Wildman–Crippen MR) is 69.8 cm³/mol. The molecule has 1 heterocycles. The molecule has 0 aliphatic carbocycles. The highest BCUT2D eigenvalue weighted by Crippen LogP contribution is 2.14. The summed E-state index contributed by atoms with van der Waals surface area (Å²) in [4.78, 5) is 19.8. The summed E-state index contributed by atoms with van der Waals surface area (Å²) >= 11 is 0. The molecule has 0 radical (unpaired) electrons. The number of aromatic nitrogens is 2. The molecule has 0 saturated carbocycles. The van der Waals surface area contributed by atoms with Crippen molar-refractivity contribution < 1.29 is 9.53 Å². The molecule has 0 unspecified atom stereocenters. The third-order valence-corrected chi connectivity index (χ3v) is 2.42. The fourth-order valence-electron chi connectivity index (χ4n) is 1.58. The van der Waals surface area contributed by atoms with E-state index in [0.29, 0.717) is 11.1 Å². The number of hydrogen-bond donors (Lipinski definition) is 0. The van der Waals surface area contributed by atoms with Crippen LogP contribution in [0.2, 0.25) is 0 Å². The third-order valence-electron chi connectivity index (χ3n) is 2.42. The number of fused-ring (bicyclic) bond motifs is 1. The van der Waals surface area contributed by atoms with Crippen LogP contribution in [-0.2, 0) is 9.53 Å². The summed E-state index contributed by atoms with van der Waals surface area (Å²) in [5.41, 5.74) is 2.13. The van der Waals surface area contributed by atoms with Gasteiger partial charge in [-0.3, -0.25) is 9.97 Å². The number of nitrogens with zero attached hydrogens (tertiary/aromatic N) is 3. The number of rotatable bonds is 3. The lowest BCUT2D eigenvalue weighted by molar-refractivity contribution is -0.137. The van der Waals surface area contributed by atoms with Gasteiger partial charge in [-0.1, -0.05) is 6.07 Å². The number of carbonyl (C=O) groups excluding carboxylic acids is 1. The summed E-state index contributed by atoms with van der Waals surface area (Å²) in [6, 6.07) is 7.15. The molecule has 0 spiro atoms. The van der Waals surface area contributed by atoms with Crippen LogP contribution in [0.3, 0.4) is 0 Å². The summed E-state index contributed by atoms with van der Waals surface area (Å²) in [5.74, 6) is -0.621. The number of nitriles is 1. The molecule has 1 aromatic carbocycles. The second-order valence-corrected chi connectivity index (χ2v) is 3.69. The van der Waals surface area contributed by atoms with E-state index >= 15 is 0 Å². The Morgan fingerprint density at radius 1 is 1.37 bits per heavy atom. The number of hydrogen-bond acceptors (Lipinski definition) is 5. The first-order valence-corrected chi connectivity index (χ1v) is 5.74. The minimum absolute atomic E-state index is 0.0370. The normalized spacial score (nSPS) is 11.1. The zero-order valence-electron chi connectivity index (χ0n) is 10.3. The average Bonchev–Trinajstić information content (AvgIpc) is 2.44. The van der Waals surface area contributed by atoms with Gasteiger partial charge in [0, 0.05) is 12.4 Å². The molecule has 1 aromatic heterocycles. The summed E-state index contributed by atoms with van der Waals surface area (Å²) in [6.07, 6.45) is 4.68. The highest BCUT2D eigenvalue weighted by Gasteiger charge is 2.09. The van der Waals surface area contributed by atoms with Gasteiger partial charge in [0.15, 0.2) is 0 Å². The van der Waals surface area contributed by atoms with Crippen molar-refractivity contribution in [2.24, 2.45) is 0 Å². The topological polar surface area (TPSA) is 75.9 Å². The molecule has 2 rings (SSSR count). The Morgan fingerprint density at radius 2 is 2.11 bits per heavy atom. The smallest absolute Gasteiger partial charge is 0.348 e. The fraction of sp³-hybridized carbons (Fsp3) is 0.143. The molecule has 0 aliphatic heterocycles. The molecule has 0 N–H and O–H groups in total. The van der Waals surface area contributed by atoms with Gasteiger partial charge >= 0.3 is 5.97 Å². The van der Waals surface area contributed by atoms with Crippen molar-refractivity contribution in [1.82, 2.24) is 9.97 Å². The van der Waals surface area contributed by atoms with Crippen molar-refractivity contribution in [1.29, 1.82) is 5.26 Å². The van der Waals surface area contributed by atoms with Crippen LogP contribution in [0.5, 0.6) is 0 Å². The molecule has 0 amide bonds. The lowest BCUT2D eigenvalue weighted by Crippen LogP contribution is -2.05. The Morgan fingerprint density at radius 3 is 2.79 bits per heavy atom. The van der Waals surface area contributed by atoms with Crippen molar-refractivity contribution in [2.45, 2.75) is 6.92 Å². The van der Waals surface area contributed by atoms with Crippen LogP contribution in [0, 0.1) is 11.3 Å². The van der Waals surface area contributed by atoms with Crippen LogP contribution in [0.4, 0.5) is 0 Å². The molecule has 94 valence electrons. The van der Waals surface area contributed by atoms with E-state index in [0.717, 1.165) is 5.52 Å². The van der Waals surface area contributed by atoms with Gasteiger partial charge < -0.3 is 4.74 Å². The van der Waals surface area contributed by atoms with Crippen LogP contribution in [0.1, 0.15) is 12.5 Å². The highest BCUT2D eigenvalue weighted by molar-refractivity contribution is 5.98. The van der Waals surface area contributed by atoms with Gasteiger partial charge in [0.05, 0.1) is 17.6 Å². The molecule has 0 fully saturated rings. The Bertz CT molecular complexity index is 686. The maximum Gasteiger partial charge on any atom is 0.348 e. The van der Waals surface area contributed by atoms with Crippen LogP contribution in [0.15, 0.2) is 36.2 Å². The van der Waals surface area contributed by atoms with Gasteiger partial charge in [-0.15, -0.1) is 0 Å². The summed E-state index contributed by atoms with van der Waals surface area (Å²) in [7, 11) is 0. The van der Waals surface area contributed by atoms with E-state index in [-0.39, 0.29) is 12.2 Å². The molecule has 0 atom stereocenters. The summed E-state index contributed by atoms with van der Waals surface area (Å²) in [6.45, 7) is 1.93. The lowest BCUT2D eigenvalue weighted by atomic mass is 10.1. The summed E-state index contributed by atoms with van der Waals surface area (Å²) in [5, 5.41) is 8.95. The quantitative estimate of drug-likeness (QED) is 0.475. The number of benzene rings is 1. The Kier molecular flexibility index (Phi) is 3.84. The molecule has 0 bridgehead atoms. The minimum atomic E-state index is -0.621. The van der Waals surface area contributed by atoms with Crippen molar-refractivity contribution in [3.05, 3.63) is 41.7 Å². The monoisotopic (exact) mass is 253 g/mol. The predicted octanol–water partition coefficient (Wildman–Crippen LogP) is 2.10. The van der Waals surface area contributed by atoms with E-state index in [1.165, 1.54) is 6.08 Å². The van der Waals surface area contributed by atoms with Crippen LogP contribution in [0.25, 0.3) is 17.1 Å². The maximum atomic E-state index is 11.5. The maximum absolute atomic E-state index is 11.5. The Hall–Kier alpha value is -2.74. The molecular formula is C14H11N3O2. The van der Waals surface area contributed by atoms with E-state index in [4.69, 9.17) is 10.00 Å². The first-order valence-electron chi connectivity index (χ1n) is 5.74. The van der Waals surface area contributed by atoms with Gasteiger partial charge in [0.25, 0.3) is 0 Å². The molecule has 0 aliphatic rings. The second kappa shape index (κ2) is 5.74. The third kappa shape index (κ3) is 2.93. The van der Waals surface area contributed by atoms with E-state index in [1.54, 1.807) is 37.5 Å². The Labute approximate surface area is 110 Å². The largest absolute Gasteiger partial charge is 0.462 e. The lowest BCUT2D eigenvalue weighted by Gasteiger charge is -2.01.